The molecular weight excluding hydrogens is 132 g/mol. The van der Waals surface area contributed by atoms with E-state index in [0.717, 1.165) is 0 Å². The van der Waals surface area contributed by atoms with Gasteiger partial charge in [0.1, 0.15) is 0 Å². The van der Waals surface area contributed by atoms with E-state index in [-0.39, 0.29) is 0 Å². The van der Waals surface area contributed by atoms with E-state index in [9.17, 15) is 0 Å². The second kappa shape index (κ2) is 1.44. The minimum Gasteiger partial charge on any atom is -0.0601 e. The Morgan fingerprint density at radius 2 is 1.18 bits per heavy atom. The molecule has 0 bridgehead atoms. The van der Waals surface area contributed by atoms with Crippen molar-refractivity contribution < 1.29 is 0 Å². The molecule has 0 unspecified atom stereocenters. The minimum atomic E-state index is 0.709. The van der Waals surface area contributed by atoms with Gasteiger partial charge in [0.05, 0.1) is 0 Å². The van der Waals surface area contributed by atoms with Crippen molar-refractivity contribution in [3.63, 3.8) is 0 Å². The van der Waals surface area contributed by atoms with E-state index in [1.165, 1.54) is 32.1 Å². The number of rotatable bonds is 2. The van der Waals surface area contributed by atoms with E-state index in [1.807, 2.05) is 11.1 Å². The second-order valence-corrected chi connectivity index (χ2v) is 5.26. The molecule has 2 fully saturated rings. The first kappa shape index (κ1) is 6.28. The molecule has 3 aliphatic rings. The van der Waals surface area contributed by atoms with Crippen molar-refractivity contribution in [3.8, 4) is 0 Å². The summed E-state index contributed by atoms with van der Waals surface area (Å²) < 4.78 is 0. The molecule has 0 spiro atoms. The van der Waals surface area contributed by atoms with Crippen LogP contribution in [-0.2, 0) is 0 Å². The molecule has 11 heavy (non-hydrogen) atoms. The fraction of sp³-hybridized carbons (Fsp3) is 0.818. The van der Waals surface area contributed by atoms with Crippen LogP contribution in [0.15, 0.2) is 11.1 Å². The molecule has 0 amide bonds. The molecule has 0 aromatic carbocycles. The third kappa shape index (κ3) is 0.758. The lowest BCUT2D eigenvalue weighted by Crippen LogP contribution is -1.89. The molecule has 3 rings (SSSR count). The lowest BCUT2D eigenvalue weighted by Gasteiger charge is -2.00. The number of hydrogen-bond donors (Lipinski definition) is 0. The van der Waals surface area contributed by atoms with Crippen LogP contribution in [0.4, 0.5) is 0 Å². The maximum Gasteiger partial charge on any atom is -0.00915 e. The first-order valence-electron chi connectivity index (χ1n) is 4.87. The van der Waals surface area contributed by atoms with Gasteiger partial charge in [-0.3, -0.25) is 0 Å². The Hall–Kier alpha value is -0.260. The van der Waals surface area contributed by atoms with Gasteiger partial charge in [-0.2, -0.15) is 0 Å². The van der Waals surface area contributed by atoms with Crippen molar-refractivity contribution in [1.82, 2.24) is 0 Å². The summed E-state index contributed by atoms with van der Waals surface area (Å²) in [6.07, 6.45) is 7.31. The topological polar surface area (TPSA) is 0 Å². The molecule has 0 radical (unpaired) electrons. The summed E-state index contributed by atoms with van der Waals surface area (Å²) in [5.41, 5.74) is 5.14. The molecule has 3 aliphatic carbocycles. The normalized spacial score (nSPS) is 35.5. The molecular formula is C11H16. The van der Waals surface area contributed by atoms with Crippen LogP contribution in [0, 0.1) is 10.8 Å². The average molecular weight is 148 g/mol. The highest BCUT2D eigenvalue weighted by Crippen LogP contribution is 2.68. The van der Waals surface area contributed by atoms with Crippen molar-refractivity contribution in [2.75, 3.05) is 0 Å². The van der Waals surface area contributed by atoms with E-state index in [1.54, 1.807) is 0 Å². The van der Waals surface area contributed by atoms with Crippen LogP contribution >= 0.6 is 0 Å². The van der Waals surface area contributed by atoms with E-state index in [0.29, 0.717) is 10.8 Å². The maximum absolute atomic E-state index is 2.45. The quantitative estimate of drug-likeness (QED) is 0.527. The van der Waals surface area contributed by atoms with Crippen LogP contribution in [0.3, 0.4) is 0 Å². The summed E-state index contributed by atoms with van der Waals surface area (Å²) in [5, 5.41) is 0. The number of hydrogen-bond acceptors (Lipinski definition) is 0. The van der Waals surface area contributed by atoms with E-state index >= 15 is 0 Å². The predicted octanol–water partition coefficient (Wildman–Crippen LogP) is 3.29. The van der Waals surface area contributed by atoms with Gasteiger partial charge in [-0.25, -0.2) is 0 Å². The lowest BCUT2D eigenvalue weighted by atomic mass is 10.0. The predicted molar refractivity (Wildman–Crippen MR) is 46.3 cm³/mol. The summed E-state index contributed by atoms with van der Waals surface area (Å²) in [7, 11) is 0. The Morgan fingerprint density at radius 3 is 1.45 bits per heavy atom. The third-order valence-electron chi connectivity index (χ3n) is 4.05. The zero-order chi connectivity index (χ0) is 7.69. The zero-order valence-corrected chi connectivity index (χ0v) is 7.54. The molecule has 0 heterocycles. The average Bonchev–Trinajstić information content (AvgIpc) is 2.65. The Morgan fingerprint density at radius 1 is 0.818 bits per heavy atom. The Kier molecular flexibility index (Phi) is 0.821. The van der Waals surface area contributed by atoms with Crippen molar-refractivity contribution in [3.05, 3.63) is 11.1 Å². The van der Waals surface area contributed by atoms with Crippen LogP contribution in [0.25, 0.3) is 0 Å². The molecule has 0 aromatic heterocycles. The molecule has 0 nitrogen and oxygen atoms in total. The van der Waals surface area contributed by atoms with Gasteiger partial charge in [-0.05, 0) is 42.9 Å². The first-order valence-corrected chi connectivity index (χ1v) is 4.87. The molecule has 0 aromatic rings. The molecule has 0 atom stereocenters. The zero-order valence-electron chi connectivity index (χ0n) is 7.54. The summed E-state index contributed by atoms with van der Waals surface area (Å²) in [6.45, 7) is 4.89. The van der Waals surface area contributed by atoms with Crippen LogP contribution < -0.4 is 0 Å². The highest BCUT2D eigenvalue weighted by Gasteiger charge is 2.55. The van der Waals surface area contributed by atoms with Crippen molar-refractivity contribution in [2.24, 2.45) is 10.8 Å². The monoisotopic (exact) mass is 148 g/mol. The van der Waals surface area contributed by atoms with Crippen LogP contribution in [0.5, 0.6) is 0 Å². The first-order chi connectivity index (χ1) is 5.14. The van der Waals surface area contributed by atoms with Gasteiger partial charge in [-0.15, -0.1) is 0 Å². The van der Waals surface area contributed by atoms with Crippen LogP contribution in [-0.4, -0.2) is 0 Å². The smallest absolute Gasteiger partial charge is 0.00915 e. The number of allylic oxidation sites excluding steroid dienone is 2. The molecule has 0 saturated heterocycles. The SMILES string of the molecule is CC1(C2=C(C3(C)CC3)C2)CC1. The molecule has 0 N–H and O–H groups in total. The Bertz CT molecular complexity index is 223. The summed E-state index contributed by atoms with van der Waals surface area (Å²) in [4.78, 5) is 0. The Balaban J connectivity index is 1.88. The van der Waals surface area contributed by atoms with Crippen molar-refractivity contribution in [1.29, 1.82) is 0 Å². The fourth-order valence-corrected chi connectivity index (χ4v) is 2.27. The van der Waals surface area contributed by atoms with E-state index < -0.39 is 0 Å². The van der Waals surface area contributed by atoms with Crippen molar-refractivity contribution in [2.45, 2.75) is 46.0 Å². The lowest BCUT2D eigenvalue weighted by molar-refractivity contribution is 0.695. The van der Waals surface area contributed by atoms with E-state index in [4.69, 9.17) is 0 Å². The highest BCUT2D eigenvalue weighted by molar-refractivity contribution is 5.48. The third-order valence-corrected chi connectivity index (χ3v) is 4.05. The largest absolute Gasteiger partial charge is 0.0601 e. The standard InChI is InChI=1S/C11H16/c1-10(3-4-10)8-7-9(8)11(2)5-6-11/h3-7H2,1-2H3. The molecule has 0 heteroatoms. The molecule has 60 valence electrons. The fourth-order valence-electron chi connectivity index (χ4n) is 2.27. The van der Waals surface area contributed by atoms with Gasteiger partial charge in [0.25, 0.3) is 0 Å². The van der Waals surface area contributed by atoms with Crippen molar-refractivity contribution >= 4 is 0 Å². The van der Waals surface area contributed by atoms with Gasteiger partial charge >= 0.3 is 0 Å². The summed E-state index contributed by atoms with van der Waals surface area (Å²) in [6, 6.07) is 0. The highest BCUT2D eigenvalue weighted by atomic mass is 14.6. The van der Waals surface area contributed by atoms with E-state index in [2.05, 4.69) is 13.8 Å². The van der Waals surface area contributed by atoms with Crippen LogP contribution in [0.2, 0.25) is 0 Å². The maximum atomic E-state index is 2.45. The van der Waals surface area contributed by atoms with Gasteiger partial charge in [0.2, 0.25) is 0 Å². The Labute approximate surface area is 68.7 Å². The second-order valence-electron chi connectivity index (χ2n) is 5.26. The molecule has 0 aliphatic heterocycles. The van der Waals surface area contributed by atoms with Gasteiger partial charge in [0, 0.05) is 0 Å². The minimum absolute atomic E-state index is 0.709. The van der Waals surface area contributed by atoms with Gasteiger partial charge < -0.3 is 0 Å². The van der Waals surface area contributed by atoms with Gasteiger partial charge in [-0.1, -0.05) is 25.0 Å². The van der Waals surface area contributed by atoms with Gasteiger partial charge in [0.15, 0.2) is 0 Å². The summed E-state index contributed by atoms with van der Waals surface area (Å²) >= 11 is 0. The molecule has 2 saturated carbocycles. The van der Waals surface area contributed by atoms with Crippen LogP contribution in [0.1, 0.15) is 46.0 Å². The summed E-state index contributed by atoms with van der Waals surface area (Å²) in [5.74, 6) is 0.